The van der Waals surface area contributed by atoms with E-state index in [1.807, 2.05) is 11.0 Å². The Bertz CT molecular complexity index is 1660. The van der Waals surface area contributed by atoms with Gasteiger partial charge in [0.15, 0.2) is 0 Å². The van der Waals surface area contributed by atoms with Crippen LogP contribution in [-0.2, 0) is 25.9 Å². The summed E-state index contributed by atoms with van der Waals surface area (Å²) in [5.41, 5.74) is 10.4. The highest BCUT2D eigenvalue weighted by Gasteiger charge is 2.36. The van der Waals surface area contributed by atoms with Crippen LogP contribution in [0.5, 0.6) is 0 Å². The molecule has 1 amide bonds. The maximum absolute atomic E-state index is 13.5. The monoisotopic (exact) mass is 575 g/mol. The molecule has 1 aliphatic carbocycles. The van der Waals surface area contributed by atoms with Gasteiger partial charge < -0.3 is 24.6 Å². The van der Waals surface area contributed by atoms with Gasteiger partial charge in [0.2, 0.25) is 0 Å². The predicted octanol–water partition coefficient (Wildman–Crippen LogP) is 5.53. The first-order chi connectivity index (χ1) is 20.7. The second-order valence-electron chi connectivity index (χ2n) is 13.3. The molecular formula is C35H41N7O. The van der Waals surface area contributed by atoms with E-state index in [1.165, 1.54) is 22.5 Å². The zero-order valence-corrected chi connectivity index (χ0v) is 25.7. The van der Waals surface area contributed by atoms with E-state index in [0.717, 1.165) is 86.1 Å². The molecule has 2 aromatic carbocycles. The van der Waals surface area contributed by atoms with Gasteiger partial charge in [0, 0.05) is 74.5 Å². The number of amides is 1. The second-order valence-corrected chi connectivity index (χ2v) is 13.3. The number of nitrogens with zero attached hydrogens (tertiary/aromatic N) is 6. The number of likely N-dealkylation sites (N-methyl/N-ethyl adjacent to an activating group) is 1. The van der Waals surface area contributed by atoms with Gasteiger partial charge >= 0.3 is 0 Å². The van der Waals surface area contributed by atoms with E-state index >= 15 is 0 Å². The van der Waals surface area contributed by atoms with Crippen LogP contribution in [-0.4, -0.2) is 70.0 Å². The average Bonchev–Trinajstić information content (AvgIpc) is 3.48. The van der Waals surface area contributed by atoms with Crippen LogP contribution >= 0.6 is 0 Å². The minimum atomic E-state index is 0.144. The molecule has 0 saturated carbocycles. The molecule has 222 valence electrons. The molecule has 1 fully saturated rings. The van der Waals surface area contributed by atoms with E-state index in [1.54, 1.807) is 6.33 Å². The fourth-order valence-electron chi connectivity index (χ4n) is 6.90. The average molecular weight is 576 g/mol. The second kappa shape index (κ2) is 10.8. The van der Waals surface area contributed by atoms with Crippen molar-refractivity contribution in [3.63, 3.8) is 0 Å². The lowest BCUT2D eigenvalue weighted by Crippen LogP contribution is -2.44. The number of hydrogen-bond acceptors (Lipinski definition) is 6. The largest absolute Gasteiger partial charge is 0.369 e. The first-order valence-electron chi connectivity index (χ1n) is 15.5. The van der Waals surface area contributed by atoms with Crippen molar-refractivity contribution in [3.8, 4) is 11.3 Å². The molecule has 4 heterocycles. The Balaban J connectivity index is 1.02. The minimum Gasteiger partial charge on any atom is -0.369 e. The maximum Gasteiger partial charge on any atom is 0.270 e. The van der Waals surface area contributed by atoms with Crippen LogP contribution in [0, 0.1) is 12.3 Å². The summed E-state index contributed by atoms with van der Waals surface area (Å²) in [5.74, 6) is 0.904. The molecule has 2 aromatic heterocycles. The fourth-order valence-corrected chi connectivity index (χ4v) is 6.90. The van der Waals surface area contributed by atoms with Crippen molar-refractivity contribution < 1.29 is 4.79 Å². The molecule has 0 bridgehead atoms. The van der Waals surface area contributed by atoms with E-state index < -0.39 is 0 Å². The summed E-state index contributed by atoms with van der Waals surface area (Å²) in [6.45, 7) is 13.3. The van der Waals surface area contributed by atoms with Crippen LogP contribution in [0.25, 0.3) is 11.3 Å². The van der Waals surface area contributed by atoms with Crippen molar-refractivity contribution >= 4 is 23.1 Å². The van der Waals surface area contributed by atoms with Crippen LogP contribution in [0.15, 0.2) is 60.9 Å². The van der Waals surface area contributed by atoms with Crippen LogP contribution in [0.2, 0.25) is 0 Å². The molecule has 1 N–H and O–H groups in total. The zero-order chi connectivity index (χ0) is 29.7. The van der Waals surface area contributed by atoms with E-state index in [0.29, 0.717) is 12.0 Å². The number of aromatic nitrogens is 3. The summed E-state index contributed by atoms with van der Waals surface area (Å²) in [5, 5.41) is 3.44. The highest BCUT2D eigenvalue weighted by molar-refractivity contribution is 5.94. The Morgan fingerprint density at radius 1 is 0.884 bits per heavy atom. The Labute approximate surface area is 254 Å². The third-order valence-electron chi connectivity index (χ3n) is 9.39. The lowest BCUT2D eigenvalue weighted by molar-refractivity contribution is 0.0688. The Hall–Kier alpha value is -4.17. The van der Waals surface area contributed by atoms with Gasteiger partial charge in [-0.2, -0.15) is 0 Å². The van der Waals surface area contributed by atoms with Crippen LogP contribution in [0.4, 0.5) is 17.2 Å². The summed E-state index contributed by atoms with van der Waals surface area (Å²) in [6, 6.07) is 19.1. The molecule has 2 aliphatic heterocycles. The van der Waals surface area contributed by atoms with Crippen molar-refractivity contribution in [3.05, 3.63) is 89.0 Å². The number of nitrogens with one attached hydrogen (secondary N) is 1. The SMILES string of the molecule is Cc1cc(-c2cc(Nc3ccc(N4CCN(C)CC4)cc3)ncn2)ccc1CN1CCn2c(cc3c2CC(C)(C)C3)C1=O. The molecular weight excluding hydrogens is 534 g/mol. The molecule has 4 aromatic rings. The van der Waals surface area contributed by atoms with Crippen molar-refractivity contribution in [2.75, 3.05) is 50.0 Å². The summed E-state index contributed by atoms with van der Waals surface area (Å²) in [4.78, 5) is 29.3. The van der Waals surface area contributed by atoms with E-state index in [9.17, 15) is 4.79 Å². The molecule has 3 aliphatic rings. The number of carbonyl (C=O) groups excluding carboxylic acids is 1. The fraction of sp³-hybridized carbons (Fsp3) is 0.400. The summed E-state index contributed by atoms with van der Waals surface area (Å²) >= 11 is 0. The molecule has 8 nitrogen and oxygen atoms in total. The van der Waals surface area contributed by atoms with Gasteiger partial charge in [-0.15, -0.1) is 0 Å². The maximum atomic E-state index is 13.5. The van der Waals surface area contributed by atoms with Crippen LogP contribution in [0.1, 0.15) is 46.7 Å². The number of benzene rings is 2. The highest BCUT2D eigenvalue weighted by Crippen LogP contribution is 2.39. The van der Waals surface area contributed by atoms with Gasteiger partial charge in [-0.25, -0.2) is 9.97 Å². The van der Waals surface area contributed by atoms with Crippen molar-refractivity contribution in [1.82, 2.24) is 24.3 Å². The number of fused-ring (bicyclic) bond motifs is 3. The number of piperazine rings is 1. The molecule has 0 atom stereocenters. The van der Waals surface area contributed by atoms with Crippen molar-refractivity contribution in [2.24, 2.45) is 5.41 Å². The van der Waals surface area contributed by atoms with Crippen LogP contribution < -0.4 is 10.2 Å². The normalized spacial score (nSPS) is 18.1. The molecule has 43 heavy (non-hydrogen) atoms. The van der Waals surface area contributed by atoms with E-state index in [4.69, 9.17) is 0 Å². The number of aryl methyl sites for hydroxylation is 1. The van der Waals surface area contributed by atoms with Gasteiger partial charge in [-0.05, 0) is 85.3 Å². The smallest absolute Gasteiger partial charge is 0.270 e. The topological polar surface area (TPSA) is 69.5 Å². The molecule has 0 unspecified atom stereocenters. The highest BCUT2D eigenvalue weighted by atomic mass is 16.2. The van der Waals surface area contributed by atoms with Gasteiger partial charge in [0.05, 0.1) is 5.69 Å². The van der Waals surface area contributed by atoms with Gasteiger partial charge in [0.25, 0.3) is 5.91 Å². The first-order valence-corrected chi connectivity index (χ1v) is 15.5. The first kappa shape index (κ1) is 27.7. The predicted molar refractivity (Wildman–Crippen MR) is 172 cm³/mol. The molecule has 0 spiro atoms. The lowest BCUT2D eigenvalue weighted by atomic mass is 9.90. The summed E-state index contributed by atoms with van der Waals surface area (Å²) in [7, 11) is 2.18. The van der Waals surface area contributed by atoms with E-state index in [-0.39, 0.29) is 5.91 Å². The summed E-state index contributed by atoms with van der Waals surface area (Å²) < 4.78 is 2.28. The molecule has 8 heteroatoms. The molecule has 7 rings (SSSR count). The number of hydrogen-bond donors (Lipinski definition) is 1. The quantitative estimate of drug-likeness (QED) is 0.326. The van der Waals surface area contributed by atoms with Gasteiger partial charge in [-0.3, -0.25) is 4.79 Å². The van der Waals surface area contributed by atoms with Crippen molar-refractivity contribution in [1.29, 1.82) is 0 Å². The Morgan fingerprint density at radius 3 is 2.44 bits per heavy atom. The van der Waals surface area contributed by atoms with Gasteiger partial charge in [0.1, 0.15) is 17.8 Å². The number of carbonyl (C=O) groups is 1. The van der Waals surface area contributed by atoms with E-state index in [2.05, 4.69) is 106 Å². The van der Waals surface area contributed by atoms with Crippen LogP contribution in [0.3, 0.4) is 0 Å². The van der Waals surface area contributed by atoms with Gasteiger partial charge in [-0.1, -0.05) is 26.0 Å². The third kappa shape index (κ3) is 5.52. The number of rotatable bonds is 6. The third-order valence-corrected chi connectivity index (χ3v) is 9.39. The molecule has 1 saturated heterocycles. The number of anilines is 3. The minimum absolute atomic E-state index is 0.144. The molecule has 0 radical (unpaired) electrons. The summed E-state index contributed by atoms with van der Waals surface area (Å²) in [6.07, 6.45) is 3.72. The standard InChI is InChI=1S/C35H41N7O/c1-24-17-25(5-6-26(24)22-41-15-16-42-31(34(41)43)18-27-20-35(2,3)21-32(27)42)30-19-33(37-23-36-30)38-28-7-9-29(10-8-28)40-13-11-39(4)12-14-40/h5-10,17-19,23H,11-16,20-22H2,1-4H3,(H,36,37,38). The van der Waals surface area contributed by atoms with Crippen molar-refractivity contribution in [2.45, 2.75) is 46.7 Å². The Morgan fingerprint density at radius 2 is 1.67 bits per heavy atom. The zero-order valence-electron chi connectivity index (χ0n) is 25.7. The lowest BCUT2D eigenvalue weighted by Gasteiger charge is -2.34. The Kier molecular flexibility index (Phi) is 6.96.